The number of nitrogens with two attached hydrogens (primary N) is 1. The first-order chi connectivity index (χ1) is 43.6. The molecule has 2 atom stereocenters. The van der Waals surface area contributed by atoms with Crippen molar-refractivity contribution < 1.29 is 67.5 Å². The second-order valence-corrected chi connectivity index (χ2v) is 25.2. The average Bonchev–Trinajstić information content (AvgIpc) is 0.905. The Morgan fingerprint density at radius 3 is 2.00 bits per heavy atom. The molecule has 0 saturated heterocycles. The monoisotopic (exact) mass is 1280 g/mol. The number of aliphatic hydroxyl groups is 1. The SMILES string of the molecule is CC(=O)CCCC(=O)NC(CCC(N)=O)(CCC(=O)NC(C)(C)CO)CCC(=O)NC(C)(C)COC(C)(C)Cc1cn(CCOCCOCCOc2ccc(-c3ccc([C@H](CC(=O)O)NC(=O)CNC(=O)CCCNc4cc(C)ccn4)cc3)c3ccccc23)nn1. The molecule has 3 aromatic carbocycles. The van der Waals surface area contributed by atoms with Gasteiger partial charge in [-0.25, -0.2) is 9.67 Å². The van der Waals surface area contributed by atoms with Crippen LogP contribution in [0.15, 0.2) is 85.2 Å². The molecule has 25 nitrogen and oxygen atoms in total. The lowest BCUT2D eigenvalue weighted by molar-refractivity contribution is -0.138. The molecule has 0 bridgehead atoms. The number of ether oxygens (including phenoxy) is 4. The summed E-state index contributed by atoms with van der Waals surface area (Å²) in [4.78, 5) is 105. The van der Waals surface area contributed by atoms with Crippen molar-refractivity contribution in [2.45, 2.75) is 174 Å². The van der Waals surface area contributed by atoms with Gasteiger partial charge in [0.25, 0.3) is 0 Å². The number of hydrogen-bond acceptors (Lipinski definition) is 17. The average molecular weight is 1280 g/mol. The zero-order chi connectivity index (χ0) is 67.3. The van der Waals surface area contributed by atoms with Crippen molar-refractivity contribution in [3.63, 3.8) is 0 Å². The van der Waals surface area contributed by atoms with Gasteiger partial charge in [-0.15, -0.1) is 5.10 Å². The molecule has 6 amide bonds. The summed E-state index contributed by atoms with van der Waals surface area (Å²) in [6.07, 6.45) is 4.90. The van der Waals surface area contributed by atoms with E-state index < -0.39 is 46.0 Å². The number of aryl methyl sites for hydroxylation is 1. The predicted molar refractivity (Wildman–Crippen MR) is 347 cm³/mol. The number of aromatic nitrogens is 4. The van der Waals surface area contributed by atoms with Gasteiger partial charge in [0, 0.05) is 74.8 Å². The van der Waals surface area contributed by atoms with Crippen LogP contribution in [-0.4, -0.2) is 159 Å². The number of hydrogen-bond donors (Lipinski definition) is 9. The second-order valence-electron chi connectivity index (χ2n) is 25.2. The van der Waals surface area contributed by atoms with E-state index in [4.69, 9.17) is 24.7 Å². The van der Waals surface area contributed by atoms with E-state index in [2.05, 4.69) is 47.2 Å². The summed E-state index contributed by atoms with van der Waals surface area (Å²) in [7, 11) is 0. The summed E-state index contributed by atoms with van der Waals surface area (Å²) in [5.41, 5.74) is 6.13. The molecule has 5 aromatic rings. The number of fused-ring (bicyclic) bond motifs is 1. The molecule has 0 aliphatic rings. The maximum atomic E-state index is 13.6. The Balaban J connectivity index is 1.01. The van der Waals surface area contributed by atoms with Gasteiger partial charge in [-0.1, -0.05) is 59.8 Å². The Morgan fingerprint density at radius 2 is 1.34 bits per heavy atom. The van der Waals surface area contributed by atoms with Gasteiger partial charge >= 0.3 is 5.97 Å². The Morgan fingerprint density at radius 1 is 0.696 bits per heavy atom. The predicted octanol–water partition coefficient (Wildman–Crippen LogP) is 6.11. The minimum atomic E-state index is -1.16. The van der Waals surface area contributed by atoms with Gasteiger partial charge in [-0.2, -0.15) is 0 Å². The molecular weight excluding hydrogens is 1180 g/mol. The third kappa shape index (κ3) is 27.6. The van der Waals surface area contributed by atoms with Crippen LogP contribution in [0.4, 0.5) is 5.82 Å². The van der Waals surface area contributed by atoms with Gasteiger partial charge in [-0.3, -0.25) is 33.6 Å². The first-order valence-electron chi connectivity index (χ1n) is 31.3. The molecule has 502 valence electrons. The van der Waals surface area contributed by atoms with E-state index in [-0.39, 0.29) is 113 Å². The minimum absolute atomic E-state index is 0.0350. The van der Waals surface area contributed by atoms with Gasteiger partial charge in [0.15, 0.2) is 0 Å². The van der Waals surface area contributed by atoms with Crippen molar-refractivity contribution in [3.8, 4) is 16.9 Å². The summed E-state index contributed by atoms with van der Waals surface area (Å²) in [5, 5.41) is 47.2. The van der Waals surface area contributed by atoms with E-state index in [1.807, 2.05) is 101 Å². The van der Waals surface area contributed by atoms with E-state index in [0.717, 1.165) is 33.3 Å². The number of aliphatic carboxylic acids is 1. The molecule has 10 N–H and O–H groups in total. The highest BCUT2D eigenvalue weighted by molar-refractivity contribution is 6.00. The molecule has 92 heavy (non-hydrogen) atoms. The highest BCUT2D eigenvalue weighted by Crippen LogP contribution is 2.35. The molecule has 2 heterocycles. The van der Waals surface area contributed by atoms with Crippen LogP contribution in [-0.2, 0) is 65.5 Å². The van der Waals surface area contributed by atoms with Gasteiger partial charge in [0.1, 0.15) is 24.0 Å². The fraction of sp³-hybridized carbons (Fsp3) is 0.537. The normalized spacial score (nSPS) is 12.7. The number of carbonyl (C=O) groups is 8. The molecule has 5 rings (SSSR count). The number of amides is 6. The number of carboxylic acids is 1. The fourth-order valence-electron chi connectivity index (χ4n) is 10.1. The number of nitrogens with zero attached hydrogens (tertiary/aromatic N) is 4. The number of benzene rings is 3. The van der Waals surface area contributed by atoms with Crippen molar-refractivity contribution in [2.24, 2.45) is 5.73 Å². The standard InChI is InChI=1S/C67H95N11O14/c1-46-27-32-70-57(39-46)69-31-12-17-58(82)71-42-62(86)72-54(40-63(87)88)49-20-18-48(19-21-49)51-22-23-55(53-15-10-9-14-52(51)53)91-38-37-90-36-35-89-34-33-78-43-50(76-77-78)41-66(7,8)92-45-65(5,6)74-61(85)26-30-67(28-24-56(68)81,75-59(83)16-11-13-47(2)80)29-25-60(84)73-64(3,4)44-79/h9-10,14-15,18-23,27,32,39,43,54,79H,11-13,16-17,24-26,28-31,33-38,40-42,44-45H2,1-8H3,(H2,68,81)(H,69,70)(H,71,82)(H,72,86)(H,73,84)(H,74,85)(H,75,83)(H,87,88)/t54-,67?/m0/s1. The summed E-state index contributed by atoms with van der Waals surface area (Å²) in [6.45, 7) is 16.4. The molecule has 0 saturated carbocycles. The third-order valence-electron chi connectivity index (χ3n) is 15.0. The lowest BCUT2D eigenvalue weighted by Crippen LogP contribution is -2.52. The number of pyridine rings is 1. The van der Waals surface area contributed by atoms with Crippen LogP contribution in [0.5, 0.6) is 5.75 Å². The zero-order valence-electron chi connectivity index (χ0n) is 54.6. The van der Waals surface area contributed by atoms with Crippen LogP contribution in [0.2, 0.25) is 0 Å². The van der Waals surface area contributed by atoms with E-state index in [0.29, 0.717) is 82.4 Å². The third-order valence-corrected chi connectivity index (χ3v) is 15.0. The molecule has 0 aliphatic carbocycles. The van der Waals surface area contributed by atoms with Crippen LogP contribution in [0, 0.1) is 6.92 Å². The Hall–Kier alpha value is -8.39. The minimum Gasteiger partial charge on any atom is -0.491 e. The number of primary amides is 1. The number of rotatable bonds is 44. The molecule has 1 unspecified atom stereocenters. The smallest absolute Gasteiger partial charge is 0.305 e. The molecule has 0 fully saturated rings. The zero-order valence-corrected chi connectivity index (χ0v) is 54.6. The van der Waals surface area contributed by atoms with Crippen molar-refractivity contribution >= 4 is 63.8 Å². The van der Waals surface area contributed by atoms with Gasteiger partial charge < -0.3 is 71.6 Å². The second kappa shape index (κ2) is 36.6. The van der Waals surface area contributed by atoms with Gasteiger partial charge in [-0.05, 0) is 133 Å². The van der Waals surface area contributed by atoms with Gasteiger partial charge in [0.05, 0.1) is 87.6 Å². The lowest BCUT2D eigenvalue weighted by atomic mass is 9.82. The first-order valence-corrected chi connectivity index (χ1v) is 31.3. The maximum Gasteiger partial charge on any atom is 0.305 e. The largest absolute Gasteiger partial charge is 0.491 e. The maximum absolute atomic E-state index is 13.6. The van der Waals surface area contributed by atoms with Crippen LogP contribution in [0.25, 0.3) is 21.9 Å². The van der Waals surface area contributed by atoms with Crippen LogP contribution in [0.1, 0.15) is 148 Å². The van der Waals surface area contributed by atoms with E-state index in [9.17, 15) is 48.6 Å². The summed E-state index contributed by atoms with van der Waals surface area (Å²) >= 11 is 0. The van der Waals surface area contributed by atoms with E-state index >= 15 is 0 Å². The molecule has 0 aliphatic heterocycles. The van der Waals surface area contributed by atoms with Crippen LogP contribution < -0.4 is 42.4 Å². The van der Waals surface area contributed by atoms with Crippen molar-refractivity contribution in [1.82, 2.24) is 46.6 Å². The Kier molecular flexibility index (Phi) is 29.6. The van der Waals surface area contributed by atoms with Gasteiger partial charge in [0.2, 0.25) is 35.4 Å². The number of aliphatic hydroxyl groups excluding tert-OH is 1. The molecule has 25 heteroatoms. The number of carboxylic acid groups (broad SMARTS) is 1. The molecule has 0 spiro atoms. The Bertz CT molecular complexity index is 3240. The number of carbonyl (C=O) groups excluding carboxylic acids is 7. The van der Waals surface area contributed by atoms with Crippen molar-refractivity contribution in [2.75, 3.05) is 64.7 Å². The fourth-order valence-corrected chi connectivity index (χ4v) is 10.1. The van der Waals surface area contributed by atoms with E-state index in [1.165, 1.54) is 6.92 Å². The number of ketones is 1. The molecule has 0 radical (unpaired) electrons. The summed E-state index contributed by atoms with van der Waals surface area (Å²) in [6, 6.07) is 22.1. The van der Waals surface area contributed by atoms with Crippen LogP contribution >= 0.6 is 0 Å². The highest BCUT2D eigenvalue weighted by atomic mass is 16.5. The lowest BCUT2D eigenvalue weighted by Gasteiger charge is -2.36. The van der Waals surface area contributed by atoms with Crippen molar-refractivity contribution in [3.05, 3.63) is 102 Å². The Labute approximate surface area is 538 Å². The first kappa shape index (κ1) is 74.3. The topological polar surface area (TPSA) is 356 Å². The quantitative estimate of drug-likeness (QED) is 0.0198. The number of nitrogens with one attached hydrogen (secondary N) is 6. The highest BCUT2D eigenvalue weighted by Gasteiger charge is 2.35. The summed E-state index contributed by atoms with van der Waals surface area (Å²) < 4.78 is 25.9. The summed E-state index contributed by atoms with van der Waals surface area (Å²) in [5.74, 6) is -2.25. The van der Waals surface area contributed by atoms with Crippen LogP contribution in [0.3, 0.4) is 0 Å². The number of Topliss-reactive ketones (excluding diaryl/α,β-unsaturated/α-hetero) is 1. The molecule has 2 aromatic heterocycles. The van der Waals surface area contributed by atoms with Crippen molar-refractivity contribution in [1.29, 1.82) is 0 Å². The van der Waals surface area contributed by atoms with E-state index in [1.54, 1.807) is 36.9 Å². The molecular formula is C67H95N11O14. The number of anilines is 1.